The van der Waals surface area contributed by atoms with Gasteiger partial charge in [0.25, 0.3) is 11.7 Å². The van der Waals surface area contributed by atoms with E-state index in [0.717, 1.165) is 18.4 Å². The number of esters is 1. The molecule has 4 aliphatic rings. The largest absolute Gasteiger partial charge is 0.456 e. The van der Waals surface area contributed by atoms with Crippen LogP contribution in [0.1, 0.15) is 112 Å². The minimum absolute atomic E-state index is 0.0425. The summed E-state index contributed by atoms with van der Waals surface area (Å²) in [6.45, 7) is 11.3. The first-order valence-electron chi connectivity index (χ1n) is 20.7. The van der Waals surface area contributed by atoms with E-state index in [-0.39, 0.29) is 54.9 Å². The maximum absolute atomic E-state index is 14.3. The molecular weight excluding hydrogens is 742 g/mol. The molecule has 1 saturated carbocycles. The topological polar surface area (TPSA) is 158 Å². The maximum atomic E-state index is 14.3. The molecular formula is C43H68ClNO11. The van der Waals surface area contributed by atoms with Crippen molar-refractivity contribution in [1.82, 2.24) is 4.90 Å². The summed E-state index contributed by atoms with van der Waals surface area (Å²) in [7, 11) is 4.71. The Morgan fingerprint density at radius 1 is 0.964 bits per heavy atom. The van der Waals surface area contributed by atoms with Gasteiger partial charge in [0.05, 0.1) is 29.8 Å². The number of Topliss-reactive ketones (excluding diaryl/α,β-unsaturated/α-hetero) is 2. The van der Waals surface area contributed by atoms with E-state index in [1.807, 2.05) is 32.9 Å². The molecule has 2 saturated heterocycles. The predicted octanol–water partition coefficient (Wildman–Crippen LogP) is 5.72. The lowest BCUT2D eigenvalue weighted by atomic mass is 9.82. The molecule has 1 aliphatic carbocycles. The van der Waals surface area contributed by atoms with Gasteiger partial charge in [0.1, 0.15) is 24.0 Å². The maximum Gasteiger partial charge on any atom is 0.329 e. The van der Waals surface area contributed by atoms with E-state index < -0.39 is 77.8 Å². The fourth-order valence-electron chi connectivity index (χ4n) is 9.36. The molecule has 0 radical (unpaired) electrons. The number of carbonyl (C=O) groups is 4. The first kappa shape index (κ1) is 46.5. The molecule has 0 aromatic carbocycles. The van der Waals surface area contributed by atoms with Gasteiger partial charge >= 0.3 is 5.97 Å². The number of fused-ring (bicyclic) bond motifs is 3. The van der Waals surface area contributed by atoms with Gasteiger partial charge < -0.3 is 38.8 Å². The first-order chi connectivity index (χ1) is 26.5. The third-order valence-corrected chi connectivity index (χ3v) is 13.3. The first-order valence-corrected chi connectivity index (χ1v) is 21.2. The normalized spacial score (nSPS) is 41.6. The zero-order valence-corrected chi connectivity index (χ0v) is 35.8. The van der Waals surface area contributed by atoms with Crippen LogP contribution in [-0.2, 0) is 42.9 Å². The molecule has 3 aliphatic heterocycles. The minimum Gasteiger partial charge on any atom is -0.456 e. The highest BCUT2D eigenvalue weighted by Gasteiger charge is 2.56. The van der Waals surface area contributed by atoms with Crippen molar-refractivity contribution in [1.29, 1.82) is 0 Å². The third kappa shape index (κ3) is 10.9. The summed E-state index contributed by atoms with van der Waals surface area (Å²) in [5, 5.41) is 23.6. The van der Waals surface area contributed by atoms with Gasteiger partial charge in [-0.3, -0.25) is 14.4 Å². The molecule has 318 valence electrons. The van der Waals surface area contributed by atoms with Crippen molar-refractivity contribution in [2.45, 2.75) is 166 Å². The molecule has 2 bridgehead atoms. The number of hydrogen-bond acceptors (Lipinski definition) is 11. The van der Waals surface area contributed by atoms with Crippen molar-refractivity contribution < 1.29 is 53.1 Å². The van der Waals surface area contributed by atoms with Crippen molar-refractivity contribution in [3.05, 3.63) is 23.3 Å². The second-order valence-corrected chi connectivity index (χ2v) is 17.7. The van der Waals surface area contributed by atoms with Crippen LogP contribution in [0.15, 0.2) is 23.3 Å². The Morgan fingerprint density at radius 3 is 2.27 bits per heavy atom. The van der Waals surface area contributed by atoms with E-state index in [1.54, 1.807) is 21.0 Å². The number of aliphatic hydroxyl groups is 2. The number of cyclic esters (lactones) is 1. The van der Waals surface area contributed by atoms with Crippen LogP contribution in [0.3, 0.4) is 0 Å². The van der Waals surface area contributed by atoms with Crippen LogP contribution in [0.4, 0.5) is 0 Å². The van der Waals surface area contributed by atoms with E-state index in [0.29, 0.717) is 44.1 Å². The molecule has 56 heavy (non-hydrogen) atoms. The van der Waals surface area contributed by atoms with E-state index in [1.165, 1.54) is 19.1 Å². The third-order valence-electron chi connectivity index (χ3n) is 12.8. The number of ether oxygens (including phenoxy) is 5. The van der Waals surface area contributed by atoms with Crippen LogP contribution in [0.25, 0.3) is 0 Å². The van der Waals surface area contributed by atoms with Gasteiger partial charge in [0.2, 0.25) is 5.79 Å². The van der Waals surface area contributed by atoms with Gasteiger partial charge in [-0.15, -0.1) is 11.6 Å². The number of rotatable bonds is 6. The lowest BCUT2D eigenvalue weighted by Gasteiger charge is -2.47. The van der Waals surface area contributed by atoms with Crippen molar-refractivity contribution in [3.8, 4) is 0 Å². The van der Waals surface area contributed by atoms with E-state index in [2.05, 4.69) is 6.92 Å². The molecule has 13 heteroatoms. The van der Waals surface area contributed by atoms with Gasteiger partial charge in [0, 0.05) is 52.0 Å². The standard InChI is InChI=1S/C43H68ClNO11/c1-10-30-18-24(2)17-25(3)19-36(53-8)39-37(54-9)21-27(5)43(51,56-39)40(48)41(49)45-16-12-11-13-32(45)42(50)55-38(28(6)33(46)23-34(30)47)26(4)20-29-14-15-31(44)35(22-29)52-7/h18,20,25,27-33,35-39,46,51H,10-17,19,21-23H2,1-9H3/b24-18+,26-20+/t25-,27+,28+,29-,30+,31-,32-,33-,35+,36+,37-,38+,39+,43+/m0/s1. The molecule has 0 aromatic heterocycles. The number of alkyl halides is 1. The van der Waals surface area contributed by atoms with E-state index in [9.17, 15) is 29.4 Å². The van der Waals surface area contributed by atoms with Crippen LogP contribution in [0.2, 0.25) is 0 Å². The number of halogens is 1. The summed E-state index contributed by atoms with van der Waals surface area (Å²) in [5.74, 6) is -7.31. The number of aliphatic hydroxyl groups excluding tert-OH is 1. The quantitative estimate of drug-likeness (QED) is 0.146. The summed E-state index contributed by atoms with van der Waals surface area (Å²) in [6, 6.07) is -1.12. The average Bonchev–Trinajstić information content (AvgIpc) is 3.18. The Balaban J connectivity index is 1.76. The summed E-state index contributed by atoms with van der Waals surface area (Å²) in [5.41, 5.74) is 1.71. The predicted molar refractivity (Wildman–Crippen MR) is 212 cm³/mol. The Kier molecular flexibility index (Phi) is 17.2. The molecule has 3 heterocycles. The van der Waals surface area contributed by atoms with Gasteiger partial charge in [-0.2, -0.15) is 0 Å². The zero-order chi connectivity index (χ0) is 41.5. The fourth-order valence-corrected chi connectivity index (χ4v) is 9.69. The number of carbonyl (C=O) groups excluding carboxylic acids is 4. The van der Waals surface area contributed by atoms with Crippen molar-refractivity contribution >= 4 is 35.0 Å². The van der Waals surface area contributed by atoms with Gasteiger partial charge in [-0.05, 0) is 95.5 Å². The summed E-state index contributed by atoms with van der Waals surface area (Å²) < 4.78 is 29.9. The van der Waals surface area contributed by atoms with Crippen molar-refractivity contribution in [2.75, 3.05) is 27.9 Å². The molecule has 4 rings (SSSR count). The average molecular weight is 810 g/mol. The Labute approximate surface area is 339 Å². The molecule has 0 aromatic rings. The molecule has 0 unspecified atom stereocenters. The number of amides is 1. The number of ketones is 2. The minimum atomic E-state index is -2.49. The fraction of sp³-hybridized carbons (Fsp3) is 0.814. The van der Waals surface area contributed by atoms with Crippen LogP contribution in [0.5, 0.6) is 0 Å². The van der Waals surface area contributed by atoms with Crippen molar-refractivity contribution in [3.63, 3.8) is 0 Å². The lowest BCUT2D eigenvalue weighted by Crippen LogP contribution is -2.64. The lowest BCUT2D eigenvalue weighted by molar-refractivity contribution is -0.302. The second kappa shape index (κ2) is 20.7. The molecule has 2 N–H and O–H groups in total. The number of nitrogens with zero attached hydrogens (tertiary/aromatic N) is 1. The van der Waals surface area contributed by atoms with E-state index in [4.69, 9.17) is 35.3 Å². The zero-order valence-electron chi connectivity index (χ0n) is 35.0. The smallest absolute Gasteiger partial charge is 0.329 e. The SMILES string of the molecule is CC[C@@H]1/C=C(\C)C[C@H](C)C[C@@H](OC)[C@H]2O[C@@](O)(C(=O)C(=O)N3CCCC[C@H]3C(=O)O[C@H](/C(C)=C/[C@@H]3CC[C@H](Cl)[C@H](OC)C3)[C@H](C)[C@@H](O)CC1=O)[C@H](C)C[C@@H]2OC. The highest BCUT2D eigenvalue weighted by Crippen LogP contribution is 2.39. The van der Waals surface area contributed by atoms with Crippen LogP contribution in [-0.4, -0.2) is 120 Å². The highest BCUT2D eigenvalue weighted by molar-refractivity contribution is 6.39. The number of piperidine rings is 1. The summed E-state index contributed by atoms with van der Waals surface area (Å²) >= 11 is 6.52. The monoisotopic (exact) mass is 809 g/mol. The van der Waals surface area contributed by atoms with Gasteiger partial charge in [0.15, 0.2) is 0 Å². The molecule has 12 nitrogen and oxygen atoms in total. The molecule has 1 amide bonds. The van der Waals surface area contributed by atoms with E-state index >= 15 is 0 Å². The highest BCUT2D eigenvalue weighted by atomic mass is 35.5. The van der Waals surface area contributed by atoms with Gasteiger partial charge in [-0.25, -0.2) is 4.79 Å². The van der Waals surface area contributed by atoms with Crippen LogP contribution in [0, 0.1) is 29.6 Å². The second-order valence-electron chi connectivity index (χ2n) is 17.1. The number of hydrogen-bond donors (Lipinski definition) is 2. The van der Waals surface area contributed by atoms with Crippen LogP contribution < -0.4 is 0 Å². The number of allylic oxidation sites excluding steroid dienone is 3. The van der Waals surface area contributed by atoms with Crippen LogP contribution >= 0.6 is 11.6 Å². The molecule has 0 spiro atoms. The van der Waals surface area contributed by atoms with Gasteiger partial charge in [-0.1, -0.05) is 45.4 Å². The Morgan fingerprint density at radius 2 is 1.62 bits per heavy atom. The summed E-state index contributed by atoms with van der Waals surface area (Å²) in [6.07, 6.45) is 5.16. The molecule has 14 atom stereocenters. The summed E-state index contributed by atoms with van der Waals surface area (Å²) in [4.78, 5) is 57.7. The Bertz CT molecular complexity index is 1440. The van der Waals surface area contributed by atoms with Crippen molar-refractivity contribution in [2.24, 2.45) is 29.6 Å². The Hall–Kier alpha value is -2.19. The molecule has 3 fully saturated rings. The number of methoxy groups -OCH3 is 3.